The minimum Gasteiger partial charge on any atom is -0.298 e. The van der Waals surface area contributed by atoms with E-state index in [4.69, 9.17) is 0 Å². The average molecular weight is 249 g/mol. The van der Waals surface area contributed by atoms with Crippen LogP contribution in [-0.2, 0) is 0 Å². The van der Waals surface area contributed by atoms with Gasteiger partial charge in [-0.25, -0.2) is 13.8 Å². The molecule has 0 aliphatic rings. The summed E-state index contributed by atoms with van der Waals surface area (Å²) in [5, 5.41) is 0. The van der Waals surface area contributed by atoms with Gasteiger partial charge in [-0.05, 0) is 36.4 Å². The molecule has 0 aliphatic heterocycles. The Labute approximate surface area is 102 Å². The maximum Gasteiger partial charge on any atom is 0.288 e. The Morgan fingerprint density at radius 1 is 1.00 bits per heavy atom. The molecular formula is C12H9F2N3O. The molecule has 0 bridgehead atoms. The molecule has 1 aromatic carbocycles. The van der Waals surface area contributed by atoms with Crippen LogP contribution in [0.25, 0.3) is 0 Å². The number of nitrogens with one attached hydrogen (secondary N) is 2. The summed E-state index contributed by atoms with van der Waals surface area (Å²) in [7, 11) is 0. The highest BCUT2D eigenvalue weighted by Gasteiger charge is 2.06. The molecule has 0 fully saturated rings. The van der Waals surface area contributed by atoms with Crippen molar-refractivity contribution in [1.29, 1.82) is 0 Å². The molecule has 92 valence electrons. The Hall–Kier alpha value is -2.50. The highest BCUT2D eigenvalue weighted by Crippen LogP contribution is 2.06. The predicted octanol–water partition coefficient (Wildman–Crippen LogP) is 2.12. The standard InChI is InChI=1S/C12H9F2N3O/c13-8-1-4-10(5-2-8)16-17-12(18)11-6-3-9(14)7-15-11/h1-7,16H,(H,17,18). The first-order valence-corrected chi connectivity index (χ1v) is 5.08. The van der Waals surface area contributed by atoms with Crippen molar-refractivity contribution < 1.29 is 13.6 Å². The fourth-order valence-electron chi connectivity index (χ4n) is 1.24. The number of benzene rings is 1. The molecule has 1 heterocycles. The third-order valence-corrected chi connectivity index (χ3v) is 2.12. The van der Waals surface area contributed by atoms with Gasteiger partial charge in [0.15, 0.2) is 0 Å². The van der Waals surface area contributed by atoms with Crippen LogP contribution >= 0.6 is 0 Å². The van der Waals surface area contributed by atoms with E-state index >= 15 is 0 Å². The number of hydrogen-bond donors (Lipinski definition) is 2. The van der Waals surface area contributed by atoms with E-state index in [-0.39, 0.29) is 11.5 Å². The minimum atomic E-state index is -0.516. The van der Waals surface area contributed by atoms with Gasteiger partial charge in [0.05, 0.1) is 11.9 Å². The van der Waals surface area contributed by atoms with Crippen molar-refractivity contribution in [3.05, 3.63) is 59.9 Å². The number of pyridine rings is 1. The molecular weight excluding hydrogens is 240 g/mol. The number of carbonyl (C=O) groups is 1. The Balaban J connectivity index is 1.96. The third kappa shape index (κ3) is 3.00. The van der Waals surface area contributed by atoms with Crippen molar-refractivity contribution in [3.8, 4) is 0 Å². The minimum absolute atomic E-state index is 0.0750. The van der Waals surface area contributed by atoms with Crippen LogP contribution in [0.1, 0.15) is 10.5 Å². The van der Waals surface area contributed by atoms with Gasteiger partial charge in [-0.3, -0.25) is 15.6 Å². The van der Waals surface area contributed by atoms with Gasteiger partial charge in [0.2, 0.25) is 0 Å². The van der Waals surface area contributed by atoms with Crippen molar-refractivity contribution in [2.24, 2.45) is 0 Å². The second kappa shape index (κ2) is 5.22. The first kappa shape index (κ1) is 12.0. The lowest BCUT2D eigenvalue weighted by atomic mass is 10.3. The molecule has 0 saturated carbocycles. The van der Waals surface area contributed by atoms with E-state index in [0.717, 1.165) is 12.3 Å². The summed E-state index contributed by atoms with van der Waals surface area (Å²) in [6, 6.07) is 7.84. The largest absolute Gasteiger partial charge is 0.298 e. The zero-order valence-electron chi connectivity index (χ0n) is 9.15. The monoisotopic (exact) mass is 249 g/mol. The lowest BCUT2D eigenvalue weighted by Gasteiger charge is -2.07. The van der Waals surface area contributed by atoms with Crippen LogP contribution in [0.2, 0.25) is 0 Å². The van der Waals surface area contributed by atoms with Crippen LogP contribution in [-0.4, -0.2) is 10.9 Å². The number of hydrogen-bond acceptors (Lipinski definition) is 3. The first-order valence-electron chi connectivity index (χ1n) is 5.08. The lowest BCUT2D eigenvalue weighted by molar-refractivity contribution is 0.0957. The summed E-state index contributed by atoms with van der Waals surface area (Å²) < 4.78 is 25.2. The number of carbonyl (C=O) groups excluding carboxylic acids is 1. The molecule has 0 saturated heterocycles. The average Bonchev–Trinajstić information content (AvgIpc) is 2.38. The zero-order valence-corrected chi connectivity index (χ0v) is 9.15. The topological polar surface area (TPSA) is 54.0 Å². The van der Waals surface area contributed by atoms with E-state index in [1.54, 1.807) is 0 Å². The molecule has 2 rings (SSSR count). The summed E-state index contributed by atoms with van der Waals surface area (Å²) in [6.45, 7) is 0. The molecule has 0 aliphatic carbocycles. The second-order valence-corrected chi connectivity index (χ2v) is 3.45. The molecule has 0 unspecified atom stereocenters. The third-order valence-electron chi connectivity index (χ3n) is 2.12. The number of nitrogens with zero attached hydrogens (tertiary/aromatic N) is 1. The summed E-state index contributed by atoms with van der Waals surface area (Å²) in [6.07, 6.45) is 0.951. The molecule has 6 heteroatoms. The summed E-state index contributed by atoms with van der Waals surface area (Å²) >= 11 is 0. The summed E-state index contributed by atoms with van der Waals surface area (Å²) in [5.74, 6) is -1.40. The van der Waals surface area contributed by atoms with E-state index in [1.807, 2.05) is 0 Å². The Morgan fingerprint density at radius 3 is 2.28 bits per heavy atom. The smallest absolute Gasteiger partial charge is 0.288 e. The van der Waals surface area contributed by atoms with Crippen LogP contribution in [0.15, 0.2) is 42.6 Å². The molecule has 0 spiro atoms. The van der Waals surface area contributed by atoms with Crippen molar-refractivity contribution in [2.45, 2.75) is 0 Å². The van der Waals surface area contributed by atoms with Crippen LogP contribution in [0.5, 0.6) is 0 Å². The molecule has 0 radical (unpaired) electrons. The van der Waals surface area contributed by atoms with Crippen molar-refractivity contribution >= 4 is 11.6 Å². The molecule has 1 amide bonds. The number of hydrazine groups is 1. The Morgan fingerprint density at radius 2 is 1.67 bits per heavy atom. The van der Waals surface area contributed by atoms with Gasteiger partial charge in [-0.15, -0.1) is 0 Å². The molecule has 2 aromatic rings. The van der Waals surface area contributed by atoms with E-state index in [0.29, 0.717) is 5.69 Å². The van der Waals surface area contributed by atoms with Gasteiger partial charge in [-0.1, -0.05) is 0 Å². The normalized spacial score (nSPS) is 9.89. The van der Waals surface area contributed by atoms with E-state index in [1.165, 1.54) is 30.3 Å². The molecule has 2 N–H and O–H groups in total. The number of halogens is 2. The molecule has 0 atom stereocenters. The van der Waals surface area contributed by atoms with E-state index in [9.17, 15) is 13.6 Å². The van der Waals surface area contributed by atoms with Crippen LogP contribution < -0.4 is 10.9 Å². The van der Waals surface area contributed by atoms with Crippen molar-refractivity contribution in [1.82, 2.24) is 10.4 Å². The zero-order chi connectivity index (χ0) is 13.0. The fraction of sp³-hybridized carbons (Fsp3) is 0. The number of rotatable bonds is 3. The van der Waals surface area contributed by atoms with Crippen molar-refractivity contribution in [3.63, 3.8) is 0 Å². The highest BCUT2D eigenvalue weighted by atomic mass is 19.1. The molecule has 1 aromatic heterocycles. The van der Waals surface area contributed by atoms with Gasteiger partial charge in [0.1, 0.15) is 17.3 Å². The van der Waals surface area contributed by atoms with E-state index in [2.05, 4.69) is 15.8 Å². The quantitative estimate of drug-likeness (QED) is 0.819. The van der Waals surface area contributed by atoms with Crippen LogP contribution in [0, 0.1) is 11.6 Å². The number of amides is 1. The highest BCUT2D eigenvalue weighted by molar-refractivity contribution is 5.92. The van der Waals surface area contributed by atoms with Crippen LogP contribution in [0.3, 0.4) is 0 Å². The predicted molar refractivity (Wildman–Crippen MR) is 61.7 cm³/mol. The molecule has 4 nitrogen and oxygen atoms in total. The molecule has 18 heavy (non-hydrogen) atoms. The number of anilines is 1. The van der Waals surface area contributed by atoms with Gasteiger partial charge < -0.3 is 0 Å². The first-order chi connectivity index (χ1) is 8.65. The summed E-state index contributed by atoms with van der Waals surface area (Å²) in [4.78, 5) is 15.2. The van der Waals surface area contributed by atoms with Crippen molar-refractivity contribution in [2.75, 3.05) is 5.43 Å². The maximum absolute atomic E-state index is 12.6. The number of aromatic nitrogens is 1. The van der Waals surface area contributed by atoms with Gasteiger partial charge >= 0.3 is 0 Å². The Bertz CT molecular complexity index is 540. The van der Waals surface area contributed by atoms with E-state index < -0.39 is 11.7 Å². The maximum atomic E-state index is 12.6. The van der Waals surface area contributed by atoms with Crippen LogP contribution in [0.4, 0.5) is 14.5 Å². The van der Waals surface area contributed by atoms with Gasteiger partial charge in [0.25, 0.3) is 5.91 Å². The SMILES string of the molecule is O=C(NNc1ccc(F)cc1)c1ccc(F)cn1. The second-order valence-electron chi connectivity index (χ2n) is 3.45. The fourth-order valence-corrected chi connectivity index (χ4v) is 1.24. The van der Waals surface area contributed by atoms with Gasteiger partial charge in [-0.2, -0.15) is 0 Å². The van der Waals surface area contributed by atoms with Gasteiger partial charge in [0, 0.05) is 0 Å². The Kier molecular flexibility index (Phi) is 3.47. The lowest BCUT2D eigenvalue weighted by Crippen LogP contribution is -2.30. The summed E-state index contributed by atoms with van der Waals surface area (Å²) in [5.41, 5.74) is 5.54.